The Balaban J connectivity index is 1.81. The van der Waals surface area contributed by atoms with Gasteiger partial charge in [-0.3, -0.25) is 0 Å². The maximum atomic E-state index is 11.8. The first-order valence-electron chi connectivity index (χ1n) is 8.80. The van der Waals surface area contributed by atoms with E-state index < -0.39 is 12.1 Å². The largest absolute Gasteiger partial charge is 0.478 e. The minimum absolute atomic E-state index is 0.304. The van der Waals surface area contributed by atoms with Gasteiger partial charge in [0.2, 0.25) is 0 Å². The van der Waals surface area contributed by atoms with Gasteiger partial charge in [0.1, 0.15) is 5.75 Å². The molecular weight excluding hydrogens is 356 g/mol. The molecule has 0 spiro atoms. The lowest BCUT2D eigenvalue weighted by Crippen LogP contribution is -2.29. The second kappa shape index (κ2) is 8.78. The lowest BCUT2D eigenvalue weighted by atomic mass is 10.1. The molecule has 1 N–H and O–H groups in total. The maximum absolute atomic E-state index is 11.8. The van der Waals surface area contributed by atoms with Crippen molar-refractivity contribution >= 4 is 17.7 Å². The molecule has 138 valence electrons. The summed E-state index contributed by atoms with van der Waals surface area (Å²) in [5.41, 5.74) is 3.06. The molecule has 0 saturated heterocycles. The van der Waals surface area contributed by atoms with Crippen molar-refractivity contribution in [3.05, 3.63) is 89.5 Å². The van der Waals surface area contributed by atoms with Crippen LogP contribution in [0.2, 0.25) is 0 Å². The van der Waals surface area contributed by atoms with Crippen molar-refractivity contribution in [2.45, 2.75) is 36.2 Å². The van der Waals surface area contributed by atoms with Gasteiger partial charge >= 0.3 is 5.97 Å². The third-order valence-corrected chi connectivity index (χ3v) is 5.22. The van der Waals surface area contributed by atoms with Crippen molar-refractivity contribution in [3.8, 4) is 5.75 Å². The number of ether oxygens (including phenoxy) is 1. The number of benzene rings is 3. The van der Waals surface area contributed by atoms with Crippen LogP contribution in [0.3, 0.4) is 0 Å². The molecule has 27 heavy (non-hydrogen) atoms. The Morgan fingerprint density at radius 1 is 0.963 bits per heavy atom. The molecule has 3 aromatic rings. The monoisotopic (exact) mass is 378 g/mol. The van der Waals surface area contributed by atoms with E-state index in [2.05, 4.69) is 0 Å². The smallest absolute Gasteiger partial charge is 0.345 e. The van der Waals surface area contributed by atoms with Gasteiger partial charge in [0.25, 0.3) is 0 Å². The normalized spacial score (nSPS) is 11.8. The van der Waals surface area contributed by atoms with Crippen LogP contribution in [0, 0.1) is 13.8 Å². The molecule has 0 saturated carbocycles. The lowest BCUT2D eigenvalue weighted by Gasteiger charge is -2.18. The number of aliphatic carboxylic acids is 1. The van der Waals surface area contributed by atoms with Gasteiger partial charge in [0.15, 0.2) is 6.10 Å². The van der Waals surface area contributed by atoms with Crippen LogP contribution in [0.15, 0.2) is 82.6 Å². The topological polar surface area (TPSA) is 46.5 Å². The van der Waals surface area contributed by atoms with Crippen molar-refractivity contribution in [1.29, 1.82) is 0 Å². The van der Waals surface area contributed by atoms with E-state index >= 15 is 0 Å². The minimum Gasteiger partial charge on any atom is -0.478 e. The Bertz CT molecular complexity index is 902. The fraction of sp³-hybridized carbons (Fsp3) is 0.174. The number of hydrogen-bond donors (Lipinski definition) is 1. The summed E-state index contributed by atoms with van der Waals surface area (Å²) in [6.07, 6.45) is -0.637. The minimum atomic E-state index is -0.964. The van der Waals surface area contributed by atoms with E-state index in [0.29, 0.717) is 12.2 Å². The first-order chi connectivity index (χ1) is 13.0. The Morgan fingerprint density at radius 2 is 1.59 bits per heavy atom. The van der Waals surface area contributed by atoms with E-state index in [4.69, 9.17) is 4.74 Å². The first-order valence-corrected chi connectivity index (χ1v) is 9.61. The van der Waals surface area contributed by atoms with Crippen LogP contribution in [-0.2, 0) is 11.2 Å². The quantitative estimate of drug-likeness (QED) is 0.587. The fourth-order valence-corrected chi connectivity index (χ4v) is 3.91. The number of aryl methyl sites for hydroxylation is 2. The molecular formula is C23H22O3S. The average molecular weight is 378 g/mol. The van der Waals surface area contributed by atoms with Crippen molar-refractivity contribution in [2.75, 3.05) is 0 Å². The van der Waals surface area contributed by atoms with Gasteiger partial charge in [-0.2, -0.15) is 0 Å². The highest BCUT2D eigenvalue weighted by Crippen LogP contribution is 2.31. The Hall–Kier alpha value is -2.72. The van der Waals surface area contributed by atoms with Gasteiger partial charge in [-0.25, -0.2) is 4.79 Å². The molecule has 0 fully saturated rings. The maximum Gasteiger partial charge on any atom is 0.345 e. The third-order valence-electron chi connectivity index (χ3n) is 4.10. The molecule has 3 nitrogen and oxygen atoms in total. The fourth-order valence-electron chi connectivity index (χ4n) is 2.93. The van der Waals surface area contributed by atoms with Crippen molar-refractivity contribution < 1.29 is 14.6 Å². The molecule has 0 unspecified atom stereocenters. The summed E-state index contributed by atoms with van der Waals surface area (Å²) in [6, 6.07) is 23.7. The van der Waals surface area contributed by atoms with Crippen molar-refractivity contribution in [3.63, 3.8) is 0 Å². The van der Waals surface area contributed by atoms with E-state index in [9.17, 15) is 9.90 Å². The number of hydrogen-bond acceptors (Lipinski definition) is 3. The van der Waals surface area contributed by atoms with E-state index in [0.717, 1.165) is 26.5 Å². The Labute approximate surface area is 164 Å². The van der Waals surface area contributed by atoms with E-state index in [1.807, 2.05) is 86.6 Å². The number of carboxylic acid groups (broad SMARTS) is 1. The van der Waals surface area contributed by atoms with Crippen LogP contribution in [0.25, 0.3) is 0 Å². The van der Waals surface area contributed by atoms with Gasteiger partial charge in [-0.1, -0.05) is 54.2 Å². The van der Waals surface area contributed by atoms with Crippen LogP contribution in [0.4, 0.5) is 0 Å². The standard InChI is InChI=1S/C23H22O3S/c1-16-12-17(2)14-19(13-16)26-21(23(24)25)15-18-8-6-7-11-22(18)27-20-9-4-3-5-10-20/h3-14,21H,15H2,1-2H3,(H,24,25)/t21-/m0/s1. The highest BCUT2D eigenvalue weighted by Gasteiger charge is 2.22. The predicted octanol–water partition coefficient (Wildman–Crippen LogP) is 5.53. The molecule has 1 atom stereocenters. The molecule has 0 aliphatic rings. The number of carboxylic acids is 1. The van der Waals surface area contributed by atoms with Gasteiger partial charge in [-0.05, 0) is 60.9 Å². The van der Waals surface area contributed by atoms with Gasteiger partial charge < -0.3 is 9.84 Å². The van der Waals surface area contributed by atoms with Crippen LogP contribution < -0.4 is 4.74 Å². The summed E-state index contributed by atoms with van der Waals surface area (Å²) < 4.78 is 5.84. The molecule has 3 aromatic carbocycles. The highest BCUT2D eigenvalue weighted by atomic mass is 32.2. The zero-order chi connectivity index (χ0) is 19.2. The Kier molecular flexibility index (Phi) is 6.20. The molecule has 0 heterocycles. The molecule has 0 radical (unpaired) electrons. The number of rotatable bonds is 7. The van der Waals surface area contributed by atoms with Gasteiger partial charge in [0, 0.05) is 16.2 Å². The SMILES string of the molecule is Cc1cc(C)cc(O[C@@H](Cc2ccccc2Sc2ccccc2)C(=O)O)c1. The summed E-state index contributed by atoms with van der Waals surface area (Å²) in [4.78, 5) is 14.0. The summed E-state index contributed by atoms with van der Waals surface area (Å²) in [5.74, 6) is -0.373. The van der Waals surface area contributed by atoms with E-state index in [-0.39, 0.29) is 0 Å². The van der Waals surface area contributed by atoms with Crippen LogP contribution in [0.5, 0.6) is 5.75 Å². The predicted molar refractivity (Wildman–Crippen MR) is 109 cm³/mol. The van der Waals surface area contributed by atoms with Crippen LogP contribution in [-0.4, -0.2) is 17.2 Å². The van der Waals surface area contributed by atoms with E-state index in [1.165, 1.54) is 0 Å². The molecule has 3 rings (SSSR count). The zero-order valence-electron chi connectivity index (χ0n) is 15.4. The lowest BCUT2D eigenvalue weighted by molar-refractivity contribution is -0.145. The summed E-state index contributed by atoms with van der Waals surface area (Å²) in [5, 5.41) is 9.68. The zero-order valence-corrected chi connectivity index (χ0v) is 16.2. The summed E-state index contributed by atoms with van der Waals surface area (Å²) in [6.45, 7) is 3.95. The molecule has 0 bridgehead atoms. The first kappa shape index (κ1) is 19.1. The highest BCUT2D eigenvalue weighted by molar-refractivity contribution is 7.99. The van der Waals surface area contributed by atoms with Crippen LogP contribution >= 0.6 is 11.8 Å². The van der Waals surface area contributed by atoms with Gasteiger partial charge in [0.05, 0.1) is 0 Å². The summed E-state index contributed by atoms with van der Waals surface area (Å²) in [7, 11) is 0. The van der Waals surface area contributed by atoms with Crippen molar-refractivity contribution in [2.24, 2.45) is 0 Å². The molecule has 0 aliphatic carbocycles. The molecule has 0 amide bonds. The van der Waals surface area contributed by atoms with Crippen LogP contribution in [0.1, 0.15) is 16.7 Å². The number of carbonyl (C=O) groups is 1. The third kappa shape index (κ3) is 5.38. The van der Waals surface area contributed by atoms with E-state index in [1.54, 1.807) is 11.8 Å². The molecule has 0 aromatic heterocycles. The van der Waals surface area contributed by atoms with Gasteiger partial charge in [-0.15, -0.1) is 0 Å². The Morgan fingerprint density at radius 3 is 2.26 bits per heavy atom. The van der Waals surface area contributed by atoms with Crippen molar-refractivity contribution in [1.82, 2.24) is 0 Å². The molecule has 0 aliphatic heterocycles. The second-order valence-electron chi connectivity index (χ2n) is 6.50. The molecule has 4 heteroatoms. The summed E-state index contributed by atoms with van der Waals surface area (Å²) >= 11 is 1.63. The second-order valence-corrected chi connectivity index (χ2v) is 7.61. The average Bonchev–Trinajstić information content (AvgIpc) is 2.62.